The molecule has 0 saturated heterocycles. The van der Waals surface area contributed by atoms with Crippen molar-refractivity contribution in [2.24, 2.45) is 0 Å². The van der Waals surface area contributed by atoms with Crippen LogP contribution in [0.2, 0.25) is 0 Å². The van der Waals surface area contributed by atoms with Crippen LogP contribution in [-0.4, -0.2) is 37.7 Å². The van der Waals surface area contributed by atoms with Crippen molar-refractivity contribution in [2.45, 2.75) is 26.7 Å². The molecule has 0 saturated carbocycles. The van der Waals surface area contributed by atoms with E-state index in [9.17, 15) is 14.4 Å². The highest BCUT2D eigenvalue weighted by Crippen LogP contribution is 1.95. The lowest BCUT2D eigenvalue weighted by molar-refractivity contribution is -0.158. The minimum Gasteiger partial charge on any atom is -0.460 e. The number of hydrogen-bond donors (Lipinski definition) is 0. The summed E-state index contributed by atoms with van der Waals surface area (Å²) < 4.78 is 14.2. The molecule has 0 unspecified atom stereocenters. The van der Waals surface area contributed by atoms with Crippen LogP contribution in [0.25, 0.3) is 0 Å². The van der Waals surface area contributed by atoms with E-state index in [1.54, 1.807) is 6.92 Å². The highest BCUT2D eigenvalue weighted by Gasteiger charge is 2.05. The van der Waals surface area contributed by atoms with E-state index in [-0.39, 0.29) is 19.6 Å². The standard InChI is InChI=1S/C12H18O6/c1-9(2)12(15)17-8-7-16-6-4-5-11(14)18-10(3)13/h1,4-8H2,2-3H3. The molecule has 0 bridgehead atoms. The van der Waals surface area contributed by atoms with Crippen LogP contribution in [0.5, 0.6) is 0 Å². The second kappa shape index (κ2) is 9.35. The Balaban J connectivity index is 3.36. The first-order valence-electron chi connectivity index (χ1n) is 5.55. The van der Waals surface area contributed by atoms with Gasteiger partial charge in [0.25, 0.3) is 0 Å². The topological polar surface area (TPSA) is 78.9 Å². The van der Waals surface area contributed by atoms with Crippen LogP contribution in [0.4, 0.5) is 0 Å². The molecular formula is C12H18O6. The Hall–Kier alpha value is -1.69. The molecule has 0 aliphatic heterocycles. The number of esters is 3. The van der Waals surface area contributed by atoms with Gasteiger partial charge in [0.15, 0.2) is 0 Å². The maximum atomic E-state index is 11.0. The Bertz CT molecular complexity index is 321. The van der Waals surface area contributed by atoms with E-state index in [0.29, 0.717) is 18.6 Å². The summed E-state index contributed by atoms with van der Waals surface area (Å²) in [6.07, 6.45) is 0.561. The van der Waals surface area contributed by atoms with Gasteiger partial charge in [0.1, 0.15) is 6.61 Å². The third kappa shape index (κ3) is 9.53. The third-order valence-corrected chi connectivity index (χ3v) is 1.74. The monoisotopic (exact) mass is 258 g/mol. The first-order valence-corrected chi connectivity index (χ1v) is 5.55. The number of rotatable bonds is 8. The molecule has 6 nitrogen and oxygen atoms in total. The minimum absolute atomic E-state index is 0.116. The Morgan fingerprint density at radius 2 is 1.72 bits per heavy atom. The molecule has 0 aromatic rings. The number of carbonyl (C=O) groups is 3. The number of hydrogen-bond acceptors (Lipinski definition) is 6. The van der Waals surface area contributed by atoms with Crippen LogP contribution in [0.3, 0.4) is 0 Å². The van der Waals surface area contributed by atoms with Crippen molar-refractivity contribution >= 4 is 17.9 Å². The molecule has 0 N–H and O–H groups in total. The van der Waals surface area contributed by atoms with Gasteiger partial charge in [-0.1, -0.05) is 6.58 Å². The molecule has 0 radical (unpaired) electrons. The lowest BCUT2D eigenvalue weighted by atomic mass is 10.3. The van der Waals surface area contributed by atoms with Gasteiger partial charge >= 0.3 is 17.9 Å². The smallest absolute Gasteiger partial charge is 0.333 e. The third-order valence-electron chi connectivity index (χ3n) is 1.74. The van der Waals surface area contributed by atoms with Crippen molar-refractivity contribution in [1.82, 2.24) is 0 Å². The van der Waals surface area contributed by atoms with Crippen molar-refractivity contribution < 1.29 is 28.6 Å². The summed E-state index contributed by atoms with van der Waals surface area (Å²) in [6.45, 7) is 6.89. The van der Waals surface area contributed by atoms with Crippen LogP contribution in [0.15, 0.2) is 12.2 Å². The molecule has 0 fully saturated rings. The van der Waals surface area contributed by atoms with Gasteiger partial charge in [0.05, 0.1) is 6.61 Å². The summed E-state index contributed by atoms with van der Waals surface area (Å²) >= 11 is 0. The average molecular weight is 258 g/mol. The predicted molar refractivity (Wildman–Crippen MR) is 62.6 cm³/mol. The highest BCUT2D eigenvalue weighted by atomic mass is 16.6. The van der Waals surface area contributed by atoms with Crippen LogP contribution in [-0.2, 0) is 28.6 Å². The maximum Gasteiger partial charge on any atom is 0.333 e. The quantitative estimate of drug-likeness (QED) is 0.279. The van der Waals surface area contributed by atoms with E-state index in [0.717, 1.165) is 0 Å². The van der Waals surface area contributed by atoms with Crippen molar-refractivity contribution in [3.8, 4) is 0 Å². The molecule has 0 atom stereocenters. The second-order valence-electron chi connectivity index (χ2n) is 3.60. The van der Waals surface area contributed by atoms with E-state index >= 15 is 0 Å². The normalized spacial score (nSPS) is 9.67. The molecule has 0 aliphatic carbocycles. The molecular weight excluding hydrogens is 240 g/mol. The van der Waals surface area contributed by atoms with Crippen LogP contribution < -0.4 is 0 Å². The summed E-state index contributed by atoms with van der Waals surface area (Å²) in [5.74, 6) is -1.64. The SMILES string of the molecule is C=C(C)C(=O)OCCOCCCC(=O)OC(C)=O. The summed E-state index contributed by atoms with van der Waals surface area (Å²) in [6, 6.07) is 0. The molecule has 0 aromatic heterocycles. The van der Waals surface area contributed by atoms with Crippen LogP contribution in [0, 0.1) is 0 Å². The highest BCUT2D eigenvalue weighted by molar-refractivity contribution is 5.86. The molecule has 0 aliphatic rings. The zero-order valence-electron chi connectivity index (χ0n) is 10.7. The molecule has 0 heterocycles. The lowest BCUT2D eigenvalue weighted by Gasteiger charge is -2.05. The van der Waals surface area contributed by atoms with Crippen LogP contribution >= 0.6 is 0 Å². The van der Waals surface area contributed by atoms with E-state index in [1.807, 2.05) is 0 Å². The van der Waals surface area contributed by atoms with Crippen molar-refractivity contribution in [3.05, 3.63) is 12.2 Å². The van der Waals surface area contributed by atoms with Gasteiger partial charge in [-0.05, 0) is 13.3 Å². The molecule has 102 valence electrons. The van der Waals surface area contributed by atoms with Gasteiger partial charge in [0.2, 0.25) is 0 Å². The zero-order valence-corrected chi connectivity index (χ0v) is 10.7. The largest absolute Gasteiger partial charge is 0.460 e. The van der Waals surface area contributed by atoms with Gasteiger partial charge in [-0.2, -0.15) is 0 Å². The van der Waals surface area contributed by atoms with Crippen molar-refractivity contribution in [1.29, 1.82) is 0 Å². The zero-order chi connectivity index (χ0) is 14.0. The Labute approximate surface area is 106 Å². The first kappa shape index (κ1) is 16.3. The van der Waals surface area contributed by atoms with Gasteiger partial charge in [0, 0.05) is 25.5 Å². The number of ether oxygens (including phenoxy) is 3. The summed E-state index contributed by atoms with van der Waals surface area (Å²) in [5.41, 5.74) is 0.335. The van der Waals surface area contributed by atoms with Gasteiger partial charge in [-0.3, -0.25) is 9.59 Å². The van der Waals surface area contributed by atoms with Gasteiger partial charge in [-0.15, -0.1) is 0 Å². The van der Waals surface area contributed by atoms with E-state index in [2.05, 4.69) is 11.3 Å². The summed E-state index contributed by atoms with van der Waals surface area (Å²) in [7, 11) is 0. The van der Waals surface area contributed by atoms with Crippen molar-refractivity contribution in [2.75, 3.05) is 19.8 Å². The van der Waals surface area contributed by atoms with Gasteiger partial charge in [-0.25, -0.2) is 4.79 Å². The Morgan fingerprint density at radius 3 is 2.28 bits per heavy atom. The number of carbonyl (C=O) groups excluding carboxylic acids is 3. The fourth-order valence-corrected chi connectivity index (χ4v) is 0.948. The fourth-order valence-electron chi connectivity index (χ4n) is 0.948. The predicted octanol–water partition coefficient (Wildman–Crippen LogP) is 0.992. The minimum atomic E-state index is -0.618. The molecule has 0 spiro atoms. The van der Waals surface area contributed by atoms with E-state index < -0.39 is 17.9 Å². The van der Waals surface area contributed by atoms with Crippen LogP contribution in [0.1, 0.15) is 26.7 Å². The second-order valence-corrected chi connectivity index (χ2v) is 3.60. The summed E-state index contributed by atoms with van der Waals surface area (Å²) in [4.78, 5) is 32.3. The molecule has 6 heteroatoms. The average Bonchev–Trinajstić information content (AvgIpc) is 2.26. The molecule has 18 heavy (non-hydrogen) atoms. The van der Waals surface area contributed by atoms with E-state index in [1.165, 1.54) is 6.92 Å². The molecule has 0 rings (SSSR count). The Kier molecular flexibility index (Phi) is 8.47. The van der Waals surface area contributed by atoms with Crippen molar-refractivity contribution in [3.63, 3.8) is 0 Å². The molecule has 0 amide bonds. The van der Waals surface area contributed by atoms with Gasteiger partial charge < -0.3 is 14.2 Å². The molecule has 0 aromatic carbocycles. The van der Waals surface area contributed by atoms with E-state index in [4.69, 9.17) is 9.47 Å². The maximum absolute atomic E-state index is 11.0. The lowest BCUT2D eigenvalue weighted by Crippen LogP contribution is -2.12. The Morgan fingerprint density at radius 1 is 1.06 bits per heavy atom. The summed E-state index contributed by atoms with van der Waals surface area (Å²) in [5, 5.41) is 0. The fraction of sp³-hybridized carbons (Fsp3) is 0.583. The first-order chi connectivity index (χ1) is 8.43.